The molecule has 6 nitrogen and oxygen atoms in total. The number of hydrogen-bond donors (Lipinski definition) is 2. The molecule has 0 aromatic heterocycles. The van der Waals surface area contributed by atoms with Gasteiger partial charge in [-0.25, -0.2) is 4.79 Å². The van der Waals surface area contributed by atoms with Gasteiger partial charge in [0.25, 0.3) is 0 Å². The zero-order chi connectivity index (χ0) is 20.5. The molecular weight excluding hydrogens is 366 g/mol. The Kier molecular flexibility index (Phi) is 7.50. The number of piperidine rings is 1. The van der Waals surface area contributed by atoms with Crippen molar-refractivity contribution in [3.05, 3.63) is 54.1 Å². The van der Waals surface area contributed by atoms with Gasteiger partial charge in [-0.05, 0) is 74.7 Å². The Morgan fingerprint density at radius 1 is 0.931 bits per heavy atom. The van der Waals surface area contributed by atoms with E-state index in [9.17, 15) is 9.59 Å². The number of anilines is 3. The number of nitrogens with one attached hydrogen (secondary N) is 2. The van der Waals surface area contributed by atoms with Crippen LogP contribution in [-0.2, 0) is 9.53 Å². The van der Waals surface area contributed by atoms with Crippen LogP contribution in [0.3, 0.4) is 0 Å². The number of benzene rings is 2. The van der Waals surface area contributed by atoms with Crippen LogP contribution in [0, 0.1) is 0 Å². The highest BCUT2D eigenvalue weighted by atomic mass is 16.5. The Bertz CT molecular complexity index is 797. The lowest BCUT2D eigenvalue weighted by molar-refractivity contribution is -0.115. The van der Waals surface area contributed by atoms with Crippen molar-refractivity contribution in [1.29, 1.82) is 0 Å². The highest BCUT2D eigenvalue weighted by Crippen LogP contribution is 2.21. The van der Waals surface area contributed by atoms with Gasteiger partial charge in [0.15, 0.2) is 0 Å². The van der Waals surface area contributed by atoms with Gasteiger partial charge in [-0.1, -0.05) is 0 Å². The number of carbonyl (C=O) groups excluding carboxylic acids is 2. The van der Waals surface area contributed by atoms with Gasteiger partial charge in [-0.2, -0.15) is 0 Å². The minimum atomic E-state index is -0.360. The van der Waals surface area contributed by atoms with E-state index >= 15 is 0 Å². The maximum atomic E-state index is 12.1. The molecule has 0 spiro atoms. The number of nitrogens with zero attached hydrogens (tertiary/aromatic N) is 1. The van der Waals surface area contributed by atoms with Crippen LogP contribution in [0.15, 0.2) is 48.5 Å². The monoisotopic (exact) mass is 395 g/mol. The Labute approximate surface area is 172 Å². The van der Waals surface area contributed by atoms with E-state index in [0.29, 0.717) is 30.8 Å². The highest BCUT2D eigenvalue weighted by molar-refractivity contribution is 5.93. The maximum Gasteiger partial charge on any atom is 0.338 e. The van der Waals surface area contributed by atoms with Gasteiger partial charge in [-0.15, -0.1) is 0 Å². The van der Waals surface area contributed by atoms with E-state index in [4.69, 9.17) is 4.74 Å². The topological polar surface area (TPSA) is 70.7 Å². The van der Waals surface area contributed by atoms with Crippen molar-refractivity contribution in [2.24, 2.45) is 0 Å². The molecule has 154 valence electrons. The average Bonchev–Trinajstić information content (AvgIpc) is 2.75. The van der Waals surface area contributed by atoms with Gasteiger partial charge >= 0.3 is 5.97 Å². The molecule has 6 heteroatoms. The van der Waals surface area contributed by atoms with Crippen molar-refractivity contribution in [1.82, 2.24) is 0 Å². The van der Waals surface area contributed by atoms with Crippen molar-refractivity contribution in [2.45, 2.75) is 32.6 Å². The van der Waals surface area contributed by atoms with E-state index in [-0.39, 0.29) is 11.9 Å². The zero-order valence-corrected chi connectivity index (χ0v) is 16.9. The first kappa shape index (κ1) is 20.7. The maximum absolute atomic E-state index is 12.1. The van der Waals surface area contributed by atoms with Crippen LogP contribution in [0.2, 0.25) is 0 Å². The van der Waals surface area contributed by atoms with Gasteiger partial charge in [0.05, 0.1) is 12.2 Å². The van der Waals surface area contributed by atoms with Gasteiger partial charge in [0.2, 0.25) is 5.91 Å². The fourth-order valence-corrected chi connectivity index (χ4v) is 3.39. The Morgan fingerprint density at radius 2 is 1.59 bits per heavy atom. The minimum Gasteiger partial charge on any atom is -0.462 e. The van der Waals surface area contributed by atoms with Crippen LogP contribution in [0.1, 0.15) is 43.0 Å². The first-order valence-corrected chi connectivity index (χ1v) is 10.3. The van der Waals surface area contributed by atoms with Crippen molar-refractivity contribution in [3.8, 4) is 0 Å². The number of esters is 1. The van der Waals surface area contributed by atoms with Crippen molar-refractivity contribution >= 4 is 28.9 Å². The van der Waals surface area contributed by atoms with Crippen LogP contribution in [0.5, 0.6) is 0 Å². The molecule has 0 bridgehead atoms. The molecule has 1 amide bonds. The van der Waals surface area contributed by atoms with E-state index < -0.39 is 0 Å². The second-order valence-electron chi connectivity index (χ2n) is 7.12. The third-order valence-corrected chi connectivity index (χ3v) is 4.95. The summed E-state index contributed by atoms with van der Waals surface area (Å²) in [6.45, 7) is 4.92. The number of carbonyl (C=O) groups is 2. The van der Waals surface area contributed by atoms with Crippen molar-refractivity contribution < 1.29 is 14.3 Å². The van der Waals surface area contributed by atoms with Crippen LogP contribution >= 0.6 is 0 Å². The lowest BCUT2D eigenvalue weighted by Crippen LogP contribution is -2.29. The summed E-state index contributed by atoms with van der Waals surface area (Å²) in [4.78, 5) is 26.2. The molecule has 0 unspecified atom stereocenters. The average molecular weight is 396 g/mol. The fourth-order valence-electron chi connectivity index (χ4n) is 3.39. The molecule has 2 N–H and O–H groups in total. The molecule has 2 aromatic carbocycles. The summed E-state index contributed by atoms with van der Waals surface area (Å²) in [7, 11) is 0. The molecule has 1 aliphatic heterocycles. The quantitative estimate of drug-likeness (QED) is 0.653. The van der Waals surface area contributed by atoms with Gasteiger partial charge in [-0.3, -0.25) is 4.79 Å². The van der Waals surface area contributed by atoms with E-state index in [0.717, 1.165) is 18.8 Å². The third kappa shape index (κ3) is 6.24. The molecule has 1 saturated heterocycles. The smallest absolute Gasteiger partial charge is 0.338 e. The molecule has 0 saturated carbocycles. The first-order chi connectivity index (χ1) is 14.2. The molecule has 1 aliphatic rings. The fraction of sp³-hybridized carbons (Fsp3) is 0.391. The molecule has 0 radical (unpaired) electrons. The summed E-state index contributed by atoms with van der Waals surface area (Å²) in [6, 6.07) is 15.1. The zero-order valence-electron chi connectivity index (χ0n) is 16.9. The summed E-state index contributed by atoms with van der Waals surface area (Å²) in [5, 5.41) is 6.13. The van der Waals surface area contributed by atoms with E-state index in [1.165, 1.54) is 24.9 Å². The molecule has 0 aliphatic carbocycles. The minimum absolute atomic E-state index is 0.0775. The molecule has 1 heterocycles. The third-order valence-electron chi connectivity index (χ3n) is 4.95. The van der Waals surface area contributed by atoms with Crippen LogP contribution in [0.25, 0.3) is 0 Å². The molecule has 2 aromatic rings. The summed E-state index contributed by atoms with van der Waals surface area (Å²) in [6.07, 6.45) is 4.21. The van der Waals surface area contributed by atoms with E-state index in [1.807, 2.05) is 0 Å². The van der Waals surface area contributed by atoms with E-state index in [1.54, 1.807) is 31.2 Å². The molecule has 3 rings (SSSR count). The summed E-state index contributed by atoms with van der Waals surface area (Å²) < 4.78 is 4.95. The van der Waals surface area contributed by atoms with Gasteiger partial charge in [0.1, 0.15) is 0 Å². The van der Waals surface area contributed by atoms with Crippen LogP contribution in [0.4, 0.5) is 17.1 Å². The van der Waals surface area contributed by atoms with Gasteiger partial charge < -0.3 is 20.3 Å². The summed E-state index contributed by atoms with van der Waals surface area (Å²) in [5.41, 5.74) is 3.41. The number of hydrogen-bond acceptors (Lipinski definition) is 5. The first-order valence-electron chi connectivity index (χ1n) is 10.3. The SMILES string of the molecule is CCOC(=O)c1ccc(NC(=O)CCNc2ccc(N3CCCCC3)cc2)cc1. The standard InChI is InChI=1S/C23H29N3O3/c1-2-29-23(28)18-6-8-20(9-7-18)25-22(27)14-15-24-19-10-12-21(13-11-19)26-16-4-3-5-17-26/h6-13,24H,2-5,14-17H2,1H3,(H,25,27). The lowest BCUT2D eigenvalue weighted by Gasteiger charge is -2.28. The predicted molar refractivity (Wildman–Crippen MR) is 117 cm³/mol. The molecular formula is C23H29N3O3. The summed E-state index contributed by atoms with van der Waals surface area (Å²) >= 11 is 0. The van der Waals surface area contributed by atoms with Crippen molar-refractivity contribution in [3.63, 3.8) is 0 Å². The van der Waals surface area contributed by atoms with E-state index in [2.05, 4.69) is 39.8 Å². The second-order valence-corrected chi connectivity index (χ2v) is 7.12. The largest absolute Gasteiger partial charge is 0.462 e. The lowest BCUT2D eigenvalue weighted by atomic mass is 10.1. The van der Waals surface area contributed by atoms with Crippen molar-refractivity contribution in [2.75, 3.05) is 41.8 Å². The number of amides is 1. The number of rotatable bonds is 8. The molecule has 0 atom stereocenters. The highest BCUT2D eigenvalue weighted by Gasteiger charge is 2.11. The van der Waals surface area contributed by atoms with Gasteiger partial charge in [0, 0.05) is 43.1 Å². The predicted octanol–water partition coefficient (Wildman–Crippen LogP) is 4.29. The number of ether oxygens (including phenoxy) is 1. The molecule has 1 fully saturated rings. The Hall–Kier alpha value is -3.02. The summed E-state index contributed by atoms with van der Waals surface area (Å²) in [5.74, 6) is -0.438. The molecule has 29 heavy (non-hydrogen) atoms. The van der Waals surface area contributed by atoms with Crippen LogP contribution in [-0.4, -0.2) is 38.1 Å². The second kappa shape index (κ2) is 10.5. The Balaban J connectivity index is 1.41. The normalized spacial score (nSPS) is 13.6. The Morgan fingerprint density at radius 3 is 2.24 bits per heavy atom. The van der Waals surface area contributed by atoms with Crippen LogP contribution < -0.4 is 15.5 Å².